The molecule has 298 valence electrons. The molecule has 0 fully saturated rings. The minimum atomic E-state index is 1.10. The number of para-hydroxylation sites is 5. The van der Waals surface area contributed by atoms with Gasteiger partial charge in [-0.1, -0.05) is 103 Å². The molecule has 0 unspecified atom stereocenters. The van der Waals surface area contributed by atoms with E-state index in [9.17, 15) is 0 Å². The van der Waals surface area contributed by atoms with Crippen molar-refractivity contribution in [1.29, 1.82) is 0 Å². The Balaban J connectivity index is 0.917. The van der Waals surface area contributed by atoms with Gasteiger partial charge in [0.1, 0.15) is 0 Å². The summed E-state index contributed by atoms with van der Waals surface area (Å²) in [5, 5.41) is 9.81. The Bertz CT molecular complexity index is 3910. The van der Waals surface area contributed by atoms with Crippen molar-refractivity contribution in [2.24, 2.45) is 0 Å². The van der Waals surface area contributed by atoms with Crippen LogP contribution in [0.1, 0.15) is 0 Å². The van der Waals surface area contributed by atoms with Gasteiger partial charge in [0.15, 0.2) is 0 Å². The van der Waals surface area contributed by atoms with E-state index in [2.05, 4.69) is 236 Å². The Morgan fingerprint density at radius 1 is 0.234 bits per heavy atom. The second-order valence-corrected chi connectivity index (χ2v) is 16.8. The molecule has 0 atom stereocenters. The smallest absolute Gasteiger partial charge is 0.0724 e. The van der Waals surface area contributed by atoms with Crippen molar-refractivity contribution in [2.45, 2.75) is 0 Å². The maximum atomic E-state index is 4.53. The molecule has 5 nitrogen and oxygen atoms in total. The Kier molecular flexibility index (Phi) is 7.33. The summed E-state index contributed by atoms with van der Waals surface area (Å²) in [6.45, 7) is 0. The van der Waals surface area contributed by atoms with Crippen LogP contribution in [0, 0.1) is 0 Å². The fraction of sp³-hybridized carbons (Fsp3) is 0. The lowest BCUT2D eigenvalue weighted by atomic mass is 10.0. The molecule has 0 amide bonds. The second kappa shape index (κ2) is 13.4. The fourth-order valence-corrected chi connectivity index (χ4v) is 10.7. The molecule has 64 heavy (non-hydrogen) atoms. The van der Waals surface area contributed by atoms with Gasteiger partial charge in [-0.25, -0.2) is 0 Å². The fourth-order valence-electron chi connectivity index (χ4n) is 10.7. The van der Waals surface area contributed by atoms with E-state index in [1.54, 1.807) is 0 Å². The third-order valence-corrected chi connectivity index (χ3v) is 13.4. The summed E-state index contributed by atoms with van der Waals surface area (Å²) in [7, 11) is 0. The van der Waals surface area contributed by atoms with E-state index in [0.717, 1.165) is 33.8 Å². The molecule has 5 heterocycles. The average molecular weight is 816 g/mol. The number of fused-ring (bicyclic) bond motifs is 12. The summed E-state index contributed by atoms with van der Waals surface area (Å²) < 4.78 is 9.55. The van der Waals surface area contributed by atoms with Gasteiger partial charge in [-0.3, -0.25) is 4.98 Å². The van der Waals surface area contributed by atoms with Gasteiger partial charge in [0.2, 0.25) is 0 Å². The molecular weight excluding hydrogens is 779 g/mol. The highest BCUT2D eigenvalue weighted by Crippen LogP contribution is 2.41. The summed E-state index contributed by atoms with van der Waals surface area (Å²) >= 11 is 0. The van der Waals surface area contributed by atoms with Gasteiger partial charge < -0.3 is 18.3 Å². The van der Waals surface area contributed by atoms with Gasteiger partial charge in [-0.2, -0.15) is 0 Å². The zero-order valence-corrected chi connectivity index (χ0v) is 34.6. The normalized spacial score (nSPS) is 12.1. The largest absolute Gasteiger partial charge is 0.309 e. The minimum Gasteiger partial charge on any atom is -0.309 e. The molecular formula is C59H37N5. The van der Waals surface area contributed by atoms with Gasteiger partial charge in [0, 0.05) is 72.0 Å². The van der Waals surface area contributed by atoms with Crippen molar-refractivity contribution in [1.82, 2.24) is 23.3 Å². The Morgan fingerprint density at radius 3 is 1.05 bits per heavy atom. The molecule has 0 bridgehead atoms. The van der Waals surface area contributed by atoms with E-state index in [1.807, 2.05) is 12.4 Å². The molecule has 0 saturated heterocycles. The summed E-state index contributed by atoms with van der Waals surface area (Å²) in [5.41, 5.74) is 16.4. The Morgan fingerprint density at radius 2 is 0.578 bits per heavy atom. The summed E-state index contributed by atoms with van der Waals surface area (Å²) in [5.74, 6) is 0. The van der Waals surface area contributed by atoms with Gasteiger partial charge in [0.25, 0.3) is 0 Å². The molecule has 0 aliphatic rings. The van der Waals surface area contributed by atoms with Crippen molar-refractivity contribution in [3.63, 3.8) is 0 Å². The third-order valence-electron chi connectivity index (χ3n) is 13.4. The molecule has 9 aromatic carbocycles. The molecule has 0 aliphatic carbocycles. The molecule has 0 N–H and O–H groups in total. The van der Waals surface area contributed by atoms with Crippen molar-refractivity contribution >= 4 is 87.2 Å². The quantitative estimate of drug-likeness (QED) is 0.170. The zero-order valence-electron chi connectivity index (χ0n) is 34.6. The van der Waals surface area contributed by atoms with Gasteiger partial charge in [-0.15, -0.1) is 0 Å². The Labute approximate surface area is 367 Å². The number of nitrogens with zero attached hydrogens (tertiary/aromatic N) is 5. The zero-order chi connectivity index (χ0) is 41.9. The van der Waals surface area contributed by atoms with Crippen LogP contribution in [0.2, 0.25) is 0 Å². The number of aromatic nitrogens is 5. The molecule has 0 aliphatic heterocycles. The van der Waals surface area contributed by atoms with Crippen LogP contribution in [0.25, 0.3) is 121 Å². The number of benzene rings is 9. The maximum absolute atomic E-state index is 4.53. The van der Waals surface area contributed by atoms with Crippen LogP contribution in [-0.2, 0) is 0 Å². The van der Waals surface area contributed by atoms with Crippen LogP contribution in [0.4, 0.5) is 0 Å². The summed E-state index contributed by atoms with van der Waals surface area (Å²) in [6.07, 6.45) is 3.87. The first kappa shape index (κ1) is 35.0. The predicted molar refractivity (Wildman–Crippen MR) is 267 cm³/mol. The number of hydrogen-bond donors (Lipinski definition) is 0. The van der Waals surface area contributed by atoms with E-state index < -0.39 is 0 Å². The van der Waals surface area contributed by atoms with Crippen molar-refractivity contribution in [3.05, 3.63) is 225 Å². The van der Waals surface area contributed by atoms with Gasteiger partial charge in [0.05, 0.1) is 50.3 Å². The number of pyridine rings is 1. The lowest BCUT2D eigenvalue weighted by Gasteiger charge is -2.11. The number of rotatable bonds is 5. The van der Waals surface area contributed by atoms with Crippen LogP contribution < -0.4 is 0 Å². The van der Waals surface area contributed by atoms with E-state index in [0.29, 0.717) is 0 Å². The first-order chi connectivity index (χ1) is 31.8. The molecule has 0 saturated carbocycles. The van der Waals surface area contributed by atoms with E-state index in [-0.39, 0.29) is 0 Å². The number of hydrogen-bond acceptors (Lipinski definition) is 1. The lowest BCUT2D eigenvalue weighted by molar-refractivity contribution is 1.16. The van der Waals surface area contributed by atoms with E-state index >= 15 is 0 Å². The van der Waals surface area contributed by atoms with Crippen molar-refractivity contribution in [2.75, 3.05) is 0 Å². The SMILES string of the molecule is c1ccc(-n2c3ccccc3c3cc(-n4c5ccccc5c5cc(-c6ccc7c(c6)c6ccccc6n7-c6ccc7c(c6)c6ccncc6n7-c6ccccc6)ccc54)ccc32)cc1. The first-order valence-corrected chi connectivity index (χ1v) is 21.9. The summed E-state index contributed by atoms with van der Waals surface area (Å²) in [6, 6.07) is 77.5. The maximum Gasteiger partial charge on any atom is 0.0724 e. The molecule has 5 heteroatoms. The molecule has 5 aromatic heterocycles. The van der Waals surface area contributed by atoms with Crippen LogP contribution in [-0.4, -0.2) is 23.3 Å². The molecule has 14 rings (SSSR count). The van der Waals surface area contributed by atoms with Crippen molar-refractivity contribution in [3.8, 4) is 33.9 Å². The van der Waals surface area contributed by atoms with Crippen LogP contribution in [0.3, 0.4) is 0 Å². The highest BCUT2D eigenvalue weighted by Gasteiger charge is 2.20. The highest BCUT2D eigenvalue weighted by molar-refractivity contribution is 6.15. The highest BCUT2D eigenvalue weighted by atomic mass is 15.0. The predicted octanol–water partition coefficient (Wildman–Crippen LogP) is 15.1. The van der Waals surface area contributed by atoms with Crippen LogP contribution in [0.5, 0.6) is 0 Å². The van der Waals surface area contributed by atoms with Crippen molar-refractivity contribution < 1.29 is 0 Å². The van der Waals surface area contributed by atoms with Crippen LogP contribution >= 0.6 is 0 Å². The standard InChI is InChI=1S/C59H37N5/c1-3-13-40(14-4-1)61-52-20-10-9-19-46(52)50-35-42(25-29-57(50)61)63-53-21-11-7-17-44(53)48-33-38(23-27-55(48)63)39-24-28-56-49(34-39)45-18-8-12-22-54(45)64(56)43-26-30-58-51(36-43)47-31-32-60-37-59(47)62(58)41-15-5-2-6-16-41/h1-37H. The molecule has 0 radical (unpaired) electrons. The topological polar surface area (TPSA) is 32.6 Å². The first-order valence-electron chi connectivity index (χ1n) is 21.9. The Hall–Kier alpha value is -8.67. The molecule has 0 spiro atoms. The minimum absolute atomic E-state index is 1.10. The summed E-state index contributed by atoms with van der Waals surface area (Å²) in [4.78, 5) is 4.53. The van der Waals surface area contributed by atoms with Crippen LogP contribution in [0.15, 0.2) is 225 Å². The average Bonchev–Trinajstić information content (AvgIpc) is 4.09. The van der Waals surface area contributed by atoms with E-state index in [1.165, 1.54) is 87.3 Å². The second-order valence-electron chi connectivity index (χ2n) is 16.8. The molecule has 14 aromatic rings. The monoisotopic (exact) mass is 815 g/mol. The van der Waals surface area contributed by atoms with Gasteiger partial charge >= 0.3 is 0 Å². The van der Waals surface area contributed by atoms with E-state index in [4.69, 9.17) is 0 Å². The third kappa shape index (κ3) is 4.98. The van der Waals surface area contributed by atoms with Gasteiger partial charge in [-0.05, 0) is 120 Å². The lowest BCUT2D eigenvalue weighted by Crippen LogP contribution is -1.96.